The van der Waals surface area contributed by atoms with Crippen LogP contribution in [0.5, 0.6) is 0 Å². The summed E-state index contributed by atoms with van der Waals surface area (Å²) in [5, 5.41) is 9.66. The number of hydrogen-bond donors (Lipinski definition) is 3. The van der Waals surface area contributed by atoms with Crippen molar-refractivity contribution in [1.82, 2.24) is 15.3 Å². The van der Waals surface area contributed by atoms with Gasteiger partial charge in [0, 0.05) is 38.9 Å². The van der Waals surface area contributed by atoms with E-state index in [9.17, 15) is 4.79 Å². The van der Waals surface area contributed by atoms with Gasteiger partial charge in [-0.05, 0) is 95.0 Å². The summed E-state index contributed by atoms with van der Waals surface area (Å²) >= 11 is 0. The first-order chi connectivity index (χ1) is 22.1. The number of aromatic nitrogens is 2. The molecule has 1 amide bonds. The molecule has 46 heavy (non-hydrogen) atoms. The average molecular weight is 622 g/mol. The van der Waals surface area contributed by atoms with Crippen molar-refractivity contribution in [2.75, 3.05) is 23.8 Å². The zero-order valence-corrected chi connectivity index (χ0v) is 27.8. The van der Waals surface area contributed by atoms with E-state index in [2.05, 4.69) is 84.8 Å². The van der Waals surface area contributed by atoms with Gasteiger partial charge in [-0.25, -0.2) is 4.98 Å². The molecule has 8 heteroatoms. The quantitative estimate of drug-likeness (QED) is 0.160. The predicted octanol–water partition coefficient (Wildman–Crippen LogP) is 7.45. The third kappa shape index (κ3) is 7.44. The number of hydrogen-bond acceptors (Lipinski definition) is 7. The average Bonchev–Trinajstić information content (AvgIpc) is 3.74. The molecule has 1 fully saturated rings. The van der Waals surface area contributed by atoms with Gasteiger partial charge in [-0.15, -0.1) is 0 Å². The summed E-state index contributed by atoms with van der Waals surface area (Å²) in [7, 11) is 0. The molecular formula is C38H47N5O3. The number of benzene rings is 2. The standard InChI is InChI=1S/C38H47N5O3/c1-25-18-31-32(38(4,5)15-14-37(31,2)3)21-28(25)20-29-11-12-33(46-29)35(44)41-23-27-9-6-8-26(19-27)22-40-34-13-16-39-36(43-34)42-24-30-10-7-17-45-30/h6,8-9,11-13,16,18-19,21,30H,7,10,14-15,17,20,22-24H2,1-5H3,(H,41,44)(H2,39,40,42,43)/t30-/m0/s1. The molecule has 0 unspecified atom stereocenters. The summed E-state index contributed by atoms with van der Waals surface area (Å²) in [6.45, 7) is 14.1. The third-order valence-corrected chi connectivity index (χ3v) is 9.64. The number of aryl methyl sites for hydroxylation is 1. The van der Waals surface area contributed by atoms with Gasteiger partial charge in [0.05, 0.1) is 6.10 Å². The van der Waals surface area contributed by atoms with Gasteiger partial charge in [0.15, 0.2) is 5.76 Å². The molecule has 1 aliphatic carbocycles. The lowest BCUT2D eigenvalue weighted by Gasteiger charge is -2.42. The second-order valence-corrected chi connectivity index (χ2v) is 14.2. The summed E-state index contributed by atoms with van der Waals surface area (Å²) in [5.41, 5.74) is 7.86. The first-order valence-electron chi connectivity index (χ1n) is 16.6. The molecule has 4 aromatic rings. The van der Waals surface area contributed by atoms with Gasteiger partial charge >= 0.3 is 0 Å². The van der Waals surface area contributed by atoms with Crippen LogP contribution in [0.25, 0.3) is 0 Å². The first kappa shape index (κ1) is 31.8. The van der Waals surface area contributed by atoms with Crippen LogP contribution in [0.4, 0.5) is 11.8 Å². The Kier molecular flexibility index (Phi) is 9.18. The van der Waals surface area contributed by atoms with Crippen molar-refractivity contribution in [3.8, 4) is 0 Å². The molecule has 2 aromatic carbocycles. The monoisotopic (exact) mass is 621 g/mol. The highest BCUT2D eigenvalue weighted by molar-refractivity contribution is 5.91. The number of rotatable bonds is 11. The molecule has 6 rings (SSSR count). The Morgan fingerprint density at radius 1 is 0.935 bits per heavy atom. The Morgan fingerprint density at radius 3 is 2.46 bits per heavy atom. The van der Waals surface area contributed by atoms with E-state index in [4.69, 9.17) is 9.15 Å². The SMILES string of the molecule is Cc1cc2c(cc1Cc1ccc(C(=O)NCc3cccc(CNc4ccnc(NC[C@@H]5CCCO5)n4)c3)o1)C(C)(C)CCC2(C)C. The molecule has 8 nitrogen and oxygen atoms in total. The summed E-state index contributed by atoms with van der Waals surface area (Å²) in [6.07, 6.45) is 7.18. The lowest BCUT2D eigenvalue weighted by Crippen LogP contribution is -2.34. The van der Waals surface area contributed by atoms with E-state index in [-0.39, 0.29) is 22.8 Å². The van der Waals surface area contributed by atoms with E-state index in [1.54, 1.807) is 12.3 Å². The van der Waals surface area contributed by atoms with E-state index in [0.717, 1.165) is 42.2 Å². The first-order valence-corrected chi connectivity index (χ1v) is 16.6. The lowest BCUT2D eigenvalue weighted by molar-refractivity contribution is 0.0921. The molecular weight excluding hydrogens is 574 g/mol. The molecule has 3 heterocycles. The summed E-state index contributed by atoms with van der Waals surface area (Å²) in [5.74, 6) is 2.24. The minimum absolute atomic E-state index is 0.149. The fraction of sp³-hybridized carbons (Fsp3) is 0.447. The van der Waals surface area contributed by atoms with Gasteiger partial charge < -0.3 is 25.1 Å². The maximum absolute atomic E-state index is 13.0. The number of nitrogens with one attached hydrogen (secondary N) is 3. The van der Waals surface area contributed by atoms with Crippen LogP contribution in [0, 0.1) is 6.92 Å². The highest BCUT2D eigenvalue weighted by atomic mass is 16.5. The van der Waals surface area contributed by atoms with Crippen molar-refractivity contribution in [2.24, 2.45) is 0 Å². The van der Waals surface area contributed by atoms with Gasteiger partial charge in [-0.2, -0.15) is 4.98 Å². The van der Waals surface area contributed by atoms with E-state index >= 15 is 0 Å². The number of fused-ring (bicyclic) bond motifs is 1. The Hall–Kier alpha value is -4.17. The largest absolute Gasteiger partial charge is 0.456 e. The number of amides is 1. The number of furan rings is 1. The number of carbonyl (C=O) groups is 1. The third-order valence-electron chi connectivity index (χ3n) is 9.64. The number of carbonyl (C=O) groups excluding carboxylic acids is 1. The Morgan fingerprint density at radius 2 is 1.70 bits per heavy atom. The van der Waals surface area contributed by atoms with Gasteiger partial charge in [0.2, 0.25) is 5.95 Å². The summed E-state index contributed by atoms with van der Waals surface area (Å²) in [6, 6.07) is 18.5. The Balaban J connectivity index is 1.02. The van der Waals surface area contributed by atoms with Gasteiger partial charge in [0.1, 0.15) is 11.6 Å². The zero-order valence-electron chi connectivity index (χ0n) is 27.8. The van der Waals surface area contributed by atoms with Crippen molar-refractivity contribution < 1.29 is 13.9 Å². The smallest absolute Gasteiger partial charge is 0.287 e. The van der Waals surface area contributed by atoms with Crippen LogP contribution in [-0.2, 0) is 35.1 Å². The van der Waals surface area contributed by atoms with Gasteiger partial charge in [0.25, 0.3) is 5.91 Å². The minimum atomic E-state index is -0.219. The van der Waals surface area contributed by atoms with E-state index in [1.165, 1.54) is 35.1 Å². The second kappa shape index (κ2) is 13.3. The van der Waals surface area contributed by atoms with Gasteiger partial charge in [-0.3, -0.25) is 4.79 Å². The molecule has 0 spiro atoms. The molecule has 0 saturated carbocycles. The Labute approximate surface area is 272 Å². The molecule has 1 aliphatic heterocycles. The van der Waals surface area contributed by atoms with E-state index in [1.807, 2.05) is 24.3 Å². The van der Waals surface area contributed by atoms with Crippen LogP contribution in [0.1, 0.15) is 103 Å². The predicted molar refractivity (Wildman–Crippen MR) is 182 cm³/mol. The molecule has 2 aliphatic rings. The van der Waals surface area contributed by atoms with Crippen LogP contribution < -0.4 is 16.0 Å². The number of ether oxygens (including phenoxy) is 1. The van der Waals surface area contributed by atoms with Crippen molar-refractivity contribution >= 4 is 17.7 Å². The highest BCUT2D eigenvalue weighted by Gasteiger charge is 2.37. The van der Waals surface area contributed by atoms with Crippen LogP contribution >= 0.6 is 0 Å². The molecule has 2 aromatic heterocycles. The Bertz CT molecular complexity index is 1690. The summed E-state index contributed by atoms with van der Waals surface area (Å²) in [4.78, 5) is 21.9. The molecule has 242 valence electrons. The van der Waals surface area contributed by atoms with Crippen molar-refractivity contribution in [3.63, 3.8) is 0 Å². The van der Waals surface area contributed by atoms with Crippen LogP contribution in [0.15, 0.2) is 65.2 Å². The van der Waals surface area contributed by atoms with Crippen molar-refractivity contribution in [2.45, 2.75) is 96.7 Å². The molecule has 0 radical (unpaired) electrons. The van der Waals surface area contributed by atoms with Crippen molar-refractivity contribution in [3.05, 3.63) is 106 Å². The zero-order chi connectivity index (χ0) is 32.3. The number of anilines is 2. The maximum Gasteiger partial charge on any atom is 0.287 e. The fourth-order valence-corrected chi connectivity index (χ4v) is 6.60. The molecule has 3 N–H and O–H groups in total. The second-order valence-electron chi connectivity index (χ2n) is 14.2. The molecule has 0 bridgehead atoms. The van der Waals surface area contributed by atoms with Crippen LogP contribution in [0.3, 0.4) is 0 Å². The fourth-order valence-electron chi connectivity index (χ4n) is 6.60. The highest BCUT2D eigenvalue weighted by Crippen LogP contribution is 2.46. The van der Waals surface area contributed by atoms with Crippen LogP contribution in [-0.4, -0.2) is 35.1 Å². The number of nitrogens with zero attached hydrogens (tertiary/aromatic N) is 2. The minimum Gasteiger partial charge on any atom is -0.456 e. The molecule has 1 saturated heterocycles. The van der Waals surface area contributed by atoms with Gasteiger partial charge in [-0.1, -0.05) is 64.1 Å². The molecule has 1 atom stereocenters. The topological polar surface area (TPSA) is 101 Å². The maximum atomic E-state index is 13.0. The van der Waals surface area contributed by atoms with Crippen LogP contribution in [0.2, 0.25) is 0 Å². The lowest BCUT2D eigenvalue weighted by atomic mass is 9.62. The summed E-state index contributed by atoms with van der Waals surface area (Å²) < 4.78 is 11.7. The normalized spacial score (nSPS) is 18.2. The van der Waals surface area contributed by atoms with E-state index in [0.29, 0.717) is 37.8 Å². The van der Waals surface area contributed by atoms with E-state index < -0.39 is 0 Å². The van der Waals surface area contributed by atoms with Crippen molar-refractivity contribution in [1.29, 1.82) is 0 Å².